The number of ether oxygens (including phenoxy) is 1. The van der Waals surface area contributed by atoms with E-state index in [1.54, 1.807) is 0 Å². The summed E-state index contributed by atoms with van der Waals surface area (Å²) in [6.07, 6.45) is -0.0566. The minimum atomic E-state index is -4.80. The van der Waals surface area contributed by atoms with E-state index in [0.29, 0.717) is 0 Å². The Labute approximate surface area is 96.5 Å². The van der Waals surface area contributed by atoms with E-state index in [1.165, 1.54) is 12.8 Å². The van der Waals surface area contributed by atoms with Crippen LogP contribution in [0.5, 0.6) is 0 Å². The SMILES string of the molecule is C#C[C@@H]([C@H](NC(C)=O)C(=O)OCC)C(F)(F)F. The number of halogens is 3. The molecule has 17 heavy (non-hydrogen) atoms. The standard InChI is InChI=1S/C10H12F3NO3/c1-4-7(10(11,12)13)8(14-6(3)15)9(16)17-5-2/h1,7-8H,5H2,2-3H3,(H,14,15)/t7-,8-/m0/s1. The van der Waals surface area contributed by atoms with Crippen molar-refractivity contribution in [3.63, 3.8) is 0 Å². The largest absolute Gasteiger partial charge is 0.464 e. The van der Waals surface area contributed by atoms with E-state index >= 15 is 0 Å². The molecule has 0 aromatic carbocycles. The third-order valence-corrected chi connectivity index (χ3v) is 1.76. The highest BCUT2D eigenvalue weighted by molar-refractivity contribution is 5.84. The van der Waals surface area contributed by atoms with Gasteiger partial charge in [-0.15, -0.1) is 6.42 Å². The highest BCUT2D eigenvalue weighted by Crippen LogP contribution is 2.28. The minimum Gasteiger partial charge on any atom is -0.464 e. The molecule has 7 heteroatoms. The molecule has 96 valence electrons. The van der Waals surface area contributed by atoms with Crippen molar-refractivity contribution in [1.29, 1.82) is 0 Å². The lowest BCUT2D eigenvalue weighted by molar-refractivity contribution is -0.179. The van der Waals surface area contributed by atoms with E-state index in [-0.39, 0.29) is 6.61 Å². The Hall–Kier alpha value is -1.71. The Balaban J connectivity index is 5.09. The van der Waals surface area contributed by atoms with Crippen LogP contribution in [0.3, 0.4) is 0 Å². The maximum absolute atomic E-state index is 12.5. The summed E-state index contributed by atoms with van der Waals surface area (Å²) in [5.74, 6) is -2.97. The molecule has 0 bridgehead atoms. The van der Waals surface area contributed by atoms with Gasteiger partial charge in [-0.05, 0) is 6.92 Å². The summed E-state index contributed by atoms with van der Waals surface area (Å²) >= 11 is 0. The number of amides is 1. The van der Waals surface area contributed by atoms with Crippen LogP contribution in [-0.4, -0.2) is 30.7 Å². The first kappa shape index (κ1) is 15.3. The van der Waals surface area contributed by atoms with Gasteiger partial charge in [0.2, 0.25) is 5.91 Å². The predicted octanol–water partition coefficient (Wildman–Crippen LogP) is 0.866. The highest BCUT2D eigenvalue weighted by Gasteiger charge is 2.47. The number of hydrogen-bond donors (Lipinski definition) is 1. The molecule has 4 nitrogen and oxygen atoms in total. The number of carbonyl (C=O) groups is 2. The number of rotatable bonds is 4. The molecule has 0 rings (SSSR count). The Morgan fingerprint density at radius 3 is 2.29 bits per heavy atom. The molecular formula is C10H12F3NO3. The number of hydrogen-bond acceptors (Lipinski definition) is 3. The average Bonchev–Trinajstić information content (AvgIpc) is 2.14. The molecular weight excluding hydrogens is 239 g/mol. The molecule has 0 saturated carbocycles. The lowest BCUT2D eigenvalue weighted by Crippen LogP contribution is -2.50. The van der Waals surface area contributed by atoms with Crippen molar-refractivity contribution >= 4 is 11.9 Å². The summed E-state index contributed by atoms with van der Waals surface area (Å²) in [4.78, 5) is 22.0. The summed E-state index contributed by atoms with van der Waals surface area (Å²) in [5, 5.41) is 1.85. The van der Waals surface area contributed by atoms with Crippen LogP contribution in [0, 0.1) is 18.3 Å². The Bertz CT molecular complexity index is 333. The summed E-state index contributed by atoms with van der Waals surface area (Å²) in [7, 11) is 0. The summed E-state index contributed by atoms with van der Waals surface area (Å²) < 4.78 is 42.0. The van der Waals surface area contributed by atoms with Gasteiger partial charge in [-0.25, -0.2) is 4.79 Å². The van der Waals surface area contributed by atoms with E-state index in [4.69, 9.17) is 6.42 Å². The van der Waals surface area contributed by atoms with Gasteiger partial charge < -0.3 is 10.1 Å². The van der Waals surface area contributed by atoms with E-state index < -0.39 is 30.0 Å². The van der Waals surface area contributed by atoms with Gasteiger partial charge in [0.1, 0.15) is 12.0 Å². The van der Waals surface area contributed by atoms with Gasteiger partial charge >= 0.3 is 12.1 Å². The number of esters is 1. The summed E-state index contributed by atoms with van der Waals surface area (Å²) in [6.45, 7) is 2.31. The molecule has 0 radical (unpaired) electrons. The predicted molar refractivity (Wildman–Crippen MR) is 52.6 cm³/mol. The van der Waals surface area contributed by atoms with Gasteiger partial charge in [0.15, 0.2) is 0 Å². The van der Waals surface area contributed by atoms with E-state index in [1.807, 2.05) is 5.32 Å². The van der Waals surface area contributed by atoms with Crippen molar-refractivity contribution in [2.75, 3.05) is 6.61 Å². The highest BCUT2D eigenvalue weighted by atomic mass is 19.4. The quantitative estimate of drug-likeness (QED) is 0.595. The zero-order valence-corrected chi connectivity index (χ0v) is 9.30. The van der Waals surface area contributed by atoms with E-state index in [9.17, 15) is 22.8 Å². The molecule has 0 aliphatic carbocycles. The fraction of sp³-hybridized carbons (Fsp3) is 0.600. The molecule has 0 aliphatic rings. The smallest absolute Gasteiger partial charge is 0.404 e. The first-order chi connectivity index (χ1) is 7.73. The van der Waals surface area contributed by atoms with E-state index in [0.717, 1.165) is 6.92 Å². The fourth-order valence-corrected chi connectivity index (χ4v) is 1.11. The van der Waals surface area contributed by atoms with Crippen molar-refractivity contribution in [3.8, 4) is 12.3 Å². The minimum absolute atomic E-state index is 0.107. The van der Waals surface area contributed by atoms with Crippen LogP contribution in [0.4, 0.5) is 13.2 Å². The molecule has 1 amide bonds. The van der Waals surface area contributed by atoms with Crippen LogP contribution in [0.2, 0.25) is 0 Å². The average molecular weight is 251 g/mol. The molecule has 2 atom stereocenters. The first-order valence-corrected chi connectivity index (χ1v) is 4.70. The zero-order valence-electron chi connectivity index (χ0n) is 9.30. The molecule has 0 fully saturated rings. The third kappa shape index (κ3) is 4.76. The maximum Gasteiger partial charge on any atom is 0.404 e. The van der Waals surface area contributed by atoms with Gasteiger partial charge in [0.05, 0.1) is 6.61 Å². The Morgan fingerprint density at radius 1 is 1.47 bits per heavy atom. The van der Waals surface area contributed by atoms with E-state index in [2.05, 4.69) is 4.74 Å². The van der Waals surface area contributed by atoms with Crippen LogP contribution in [0.25, 0.3) is 0 Å². The lowest BCUT2D eigenvalue weighted by Gasteiger charge is -2.23. The van der Waals surface area contributed by atoms with Crippen molar-refractivity contribution in [2.24, 2.45) is 5.92 Å². The van der Waals surface area contributed by atoms with Crippen molar-refractivity contribution in [2.45, 2.75) is 26.1 Å². The number of carbonyl (C=O) groups excluding carboxylic acids is 2. The van der Waals surface area contributed by atoms with Crippen molar-refractivity contribution in [1.82, 2.24) is 5.32 Å². The van der Waals surface area contributed by atoms with Gasteiger partial charge in [-0.1, -0.05) is 5.92 Å². The van der Waals surface area contributed by atoms with Crippen LogP contribution in [0.15, 0.2) is 0 Å². The second-order valence-electron chi connectivity index (χ2n) is 3.12. The maximum atomic E-state index is 12.5. The van der Waals surface area contributed by atoms with Gasteiger partial charge in [-0.3, -0.25) is 4.79 Å². The molecule has 0 aliphatic heterocycles. The molecule has 0 spiro atoms. The molecule has 0 unspecified atom stereocenters. The summed E-state index contributed by atoms with van der Waals surface area (Å²) in [6, 6.07) is -1.92. The van der Waals surface area contributed by atoms with Crippen LogP contribution >= 0.6 is 0 Å². The lowest BCUT2D eigenvalue weighted by atomic mass is 10.00. The third-order valence-electron chi connectivity index (χ3n) is 1.76. The molecule has 0 aromatic rings. The Kier molecular flexibility index (Phi) is 5.51. The monoisotopic (exact) mass is 251 g/mol. The Morgan fingerprint density at radius 2 is 2.00 bits per heavy atom. The second-order valence-corrected chi connectivity index (χ2v) is 3.12. The molecule has 0 aromatic heterocycles. The van der Waals surface area contributed by atoms with Crippen LogP contribution in [0.1, 0.15) is 13.8 Å². The molecule has 0 saturated heterocycles. The fourth-order valence-electron chi connectivity index (χ4n) is 1.11. The topological polar surface area (TPSA) is 55.4 Å². The van der Waals surface area contributed by atoms with Crippen molar-refractivity contribution < 1.29 is 27.5 Å². The molecule has 0 heterocycles. The normalized spacial score (nSPS) is 14.4. The van der Waals surface area contributed by atoms with Gasteiger partial charge in [0, 0.05) is 6.92 Å². The number of nitrogens with one attached hydrogen (secondary N) is 1. The summed E-state index contributed by atoms with van der Waals surface area (Å²) in [5.41, 5.74) is 0. The van der Waals surface area contributed by atoms with Crippen molar-refractivity contribution in [3.05, 3.63) is 0 Å². The molecule has 1 N–H and O–H groups in total. The second kappa shape index (κ2) is 6.13. The van der Waals surface area contributed by atoms with Crippen LogP contribution < -0.4 is 5.32 Å². The van der Waals surface area contributed by atoms with Crippen LogP contribution in [-0.2, 0) is 14.3 Å². The number of terminal acetylenes is 1. The van der Waals surface area contributed by atoms with Gasteiger partial charge in [0.25, 0.3) is 0 Å². The zero-order chi connectivity index (χ0) is 13.6. The van der Waals surface area contributed by atoms with Gasteiger partial charge in [-0.2, -0.15) is 13.2 Å². The first-order valence-electron chi connectivity index (χ1n) is 4.70. The number of alkyl halides is 3.